The predicted molar refractivity (Wildman–Crippen MR) is 99.7 cm³/mol. The Morgan fingerprint density at radius 1 is 0.968 bits per heavy atom. The molecule has 1 radical (unpaired) electrons. The molecule has 0 fully saturated rings. The second kappa shape index (κ2) is 7.20. The zero-order valence-corrected chi connectivity index (χ0v) is 16.8. The fraction of sp³-hybridized carbons (Fsp3) is 0.0500. The van der Waals surface area contributed by atoms with Gasteiger partial charge in [-0.1, -0.05) is 12.1 Å². The van der Waals surface area contributed by atoms with Crippen LogP contribution < -0.4 is 10.2 Å². The maximum Gasteiger partial charge on any atom is 0.342 e. The largest absolute Gasteiger partial charge is 0.508 e. The molecule has 3 aromatic rings. The molecule has 2 aliphatic rings. The fourth-order valence-electron chi connectivity index (χ4n) is 3.92. The van der Waals surface area contributed by atoms with Crippen molar-refractivity contribution in [3.05, 3.63) is 87.0 Å². The normalized spacial score (nSPS) is 14.3. The Morgan fingerprint density at radius 3 is 2.16 bits per heavy atom. The number of fused-ring (bicyclic) bond motifs is 6. The zero-order valence-electron chi connectivity index (χ0n) is 15.3. The van der Waals surface area contributed by atoms with Gasteiger partial charge in [0.25, 0.3) is 0 Å². The maximum atomic E-state index is 12.9. The van der Waals surface area contributed by atoms with E-state index in [1.165, 1.54) is 30.3 Å². The minimum atomic E-state index is -1.46. The smallest absolute Gasteiger partial charge is 0.342 e. The minimum Gasteiger partial charge on any atom is -0.508 e. The van der Waals surface area contributed by atoms with E-state index in [1.54, 1.807) is 24.3 Å². The number of ether oxygens (including phenoxy) is 2. The van der Waals surface area contributed by atoms with E-state index in [0.29, 0.717) is 16.7 Å². The SMILES string of the molecule is O=C1OC2(c3ccc(O)cc3Oc3cc(O)ccc32)c2cccc(NO[N+](=O)[O-])c21.[Ag]. The van der Waals surface area contributed by atoms with Gasteiger partial charge in [-0.05, 0) is 30.3 Å². The van der Waals surface area contributed by atoms with Crippen LogP contribution in [0.5, 0.6) is 23.0 Å². The zero-order chi connectivity index (χ0) is 21.0. The van der Waals surface area contributed by atoms with Crippen LogP contribution in [-0.2, 0) is 37.7 Å². The van der Waals surface area contributed by atoms with E-state index in [2.05, 4.69) is 10.4 Å². The van der Waals surface area contributed by atoms with Crippen LogP contribution >= 0.6 is 0 Å². The van der Waals surface area contributed by atoms with Crippen molar-refractivity contribution in [2.75, 3.05) is 5.48 Å². The number of hydrogen-bond acceptors (Lipinski definition) is 9. The topological polar surface area (TPSA) is 140 Å². The number of hydrogen-bond donors (Lipinski definition) is 3. The number of benzene rings is 3. The Bertz CT molecular complexity index is 1190. The molecule has 2 heterocycles. The summed E-state index contributed by atoms with van der Waals surface area (Å²) >= 11 is 0. The molecule has 0 atom stereocenters. The number of carbonyl (C=O) groups excluding carboxylic acids is 1. The third kappa shape index (κ3) is 2.96. The second-order valence-electron chi connectivity index (χ2n) is 6.68. The number of aromatic hydroxyl groups is 2. The first-order valence-corrected chi connectivity index (χ1v) is 8.69. The molecule has 3 aromatic carbocycles. The van der Waals surface area contributed by atoms with E-state index in [-0.39, 0.29) is 56.6 Å². The summed E-state index contributed by atoms with van der Waals surface area (Å²) < 4.78 is 11.7. The van der Waals surface area contributed by atoms with Gasteiger partial charge >= 0.3 is 11.1 Å². The van der Waals surface area contributed by atoms with E-state index in [4.69, 9.17) is 9.47 Å². The van der Waals surface area contributed by atoms with Crippen LogP contribution in [0.4, 0.5) is 5.69 Å². The average Bonchev–Trinajstić information content (AvgIpc) is 2.99. The summed E-state index contributed by atoms with van der Waals surface area (Å²) in [6, 6.07) is 13.4. The molecular weight excluding hydrogens is 504 g/mol. The number of phenolic OH excluding ortho intramolecular Hbond substituents is 2. The van der Waals surface area contributed by atoms with E-state index in [9.17, 15) is 25.1 Å². The van der Waals surface area contributed by atoms with E-state index in [0.717, 1.165) is 0 Å². The third-order valence-electron chi connectivity index (χ3n) is 5.03. The van der Waals surface area contributed by atoms with Crippen LogP contribution in [0.3, 0.4) is 0 Å². The van der Waals surface area contributed by atoms with Crippen LogP contribution in [0.15, 0.2) is 54.6 Å². The van der Waals surface area contributed by atoms with Crippen LogP contribution in [0.25, 0.3) is 0 Å². The molecule has 0 saturated heterocycles. The molecule has 161 valence electrons. The van der Waals surface area contributed by atoms with Gasteiger partial charge in [-0.3, -0.25) is 0 Å². The van der Waals surface area contributed by atoms with Crippen molar-refractivity contribution in [2.45, 2.75) is 5.60 Å². The van der Waals surface area contributed by atoms with Crippen molar-refractivity contribution in [1.29, 1.82) is 0 Å². The summed E-state index contributed by atoms with van der Waals surface area (Å²) in [7, 11) is 0. The number of nitrogens with one attached hydrogen (secondary N) is 1. The van der Waals surface area contributed by atoms with Gasteiger partial charge in [0.2, 0.25) is 0 Å². The molecule has 5 rings (SSSR count). The molecule has 0 aromatic heterocycles. The summed E-state index contributed by atoms with van der Waals surface area (Å²) in [5.74, 6) is -0.402. The third-order valence-corrected chi connectivity index (χ3v) is 5.03. The van der Waals surface area contributed by atoms with Gasteiger partial charge in [-0.2, -0.15) is 4.94 Å². The summed E-state index contributed by atoms with van der Waals surface area (Å²) in [6.45, 7) is 0. The molecule has 0 amide bonds. The Balaban J connectivity index is 0.00000231. The van der Waals surface area contributed by atoms with Gasteiger partial charge in [-0.15, -0.1) is 10.1 Å². The van der Waals surface area contributed by atoms with Crippen molar-refractivity contribution in [3.63, 3.8) is 0 Å². The van der Waals surface area contributed by atoms with Crippen molar-refractivity contribution in [1.82, 2.24) is 0 Å². The van der Waals surface area contributed by atoms with Gasteiger partial charge < -0.3 is 19.7 Å². The maximum absolute atomic E-state index is 12.9. The van der Waals surface area contributed by atoms with E-state index >= 15 is 0 Å². The average molecular weight is 516 g/mol. The van der Waals surface area contributed by atoms with Gasteiger partial charge in [0.05, 0.1) is 11.3 Å². The quantitative estimate of drug-likeness (QED) is 0.207. The molecule has 0 unspecified atom stereocenters. The van der Waals surface area contributed by atoms with Crippen LogP contribution in [0.2, 0.25) is 0 Å². The summed E-state index contributed by atoms with van der Waals surface area (Å²) in [4.78, 5) is 27.7. The molecule has 0 aliphatic carbocycles. The molecule has 0 bridgehead atoms. The van der Waals surface area contributed by atoms with E-state index in [1.807, 2.05) is 0 Å². The Morgan fingerprint density at radius 2 is 1.58 bits per heavy atom. The predicted octanol–water partition coefficient (Wildman–Crippen LogP) is 3.20. The number of rotatable bonds is 3. The number of phenols is 2. The van der Waals surface area contributed by atoms with Crippen molar-refractivity contribution >= 4 is 11.7 Å². The summed E-state index contributed by atoms with van der Waals surface area (Å²) in [5, 5.41) is 29.4. The summed E-state index contributed by atoms with van der Waals surface area (Å²) in [5.41, 5.74) is 2.09. The van der Waals surface area contributed by atoms with E-state index < -0.39 is 16.7 Å². The number of anilines is 1. The number of esters is 1. The molecule has 31 heavy (non-hydrogen) atoms. The molecule has 1 spiro atoms. The Hall–Kier alpha value is -3.73. The van der Waals surface area contributed by atoms with Crippen molar-refractivity contribution < 1.29 is 56.9 Å². The van der Waals surface area contributed by atoms with Gasteiger partial charge in [0.15, 0.2) is 5.60 Å². The fourth-order valence-corrected chi connectivity index (χ4v) is 3.92. The number of carbonyl (C=O) groups is 1. The first-order valence-electron chi connectivity index (χ1n) is 8.69. The second-order valence-corrected chi connectivity index (χ2v) is 6.68. The standard InChI is InChI=1S/C20H12N2O8.Ag/c23-10-4-6-12-16(8-10)28-17-9-11(24)5-7-13(17)20(12)14-2-1-3-15(21-30-22(26)27)18(14)19(25)29-20;/h1-9,21,23-24H;. The molecule has 10 nitrogen and oxygen atoms in total. The van der Waals surface area contributed by atoms with Gasteiger partial charge in [0, 0.05) is 51.2 Å². The first kappa shape index (κ1) is 20.5. The molecule has 0 saturated carbocycles. The Labute approximate surface area is 189 Å². The molecule has 3 N–H and O–H groups in total. The van der Waals surface area contributed by atoms with Gasteiger partial charge in [0.1, 0.15) is 23.0 Å². The molecule has 2 aliphatic heterocycles. The van der Waals surface area contributed by atoms with Crippen LogP contribution in [0.1, 0.15) is 27.0 Å². The molecule has 11 heteroatoms. The number of nitrogens with zero attached hydrogens (tertiary/aromatic N) is 1. The monoisotopic (exact) mass is 515 g/mol. The molecular formula is C20H12AgN2O8. The Kier molecular flexibility index (Phi) is 4.77. The first-order chi connectivity index (χ1) is 14.4. The van der Waals surface area contributed by atoms with Crippen molar-refractivity contribution in [3.8, 4) is 23.0 Å². The summed E-state index contributed by atoms with van der Waals surface area (Å²) in [6.07, 6.45) is 0. The van der Waals surface area contributed by atoms with Crippen LogP contribution in [-0.4, -0.2) is 21.3 Å². The minimum absolute atomic E-state index is 0. The van der Waals surface area contributed by atoms with Gasteiger partial charge in [-0.25, -0.2) is 10.3 Å². The van der Waals surface area contributed by atoms with Crippen LogP contribution in [0, 0.1) is 10.1 Å². The van der Waals surface area contributed by atoms with Crippen molar-refractivity contribution in [2.24, 2.45) is 0 Å².